The zero-order valence-electron chi connectivity index (χ0n) is 14.8. The van der Waals surface area contributed by atoms with E-state index < -0.39 is 12.0 Å². The van der Waals surface area contributed by atoms with E-state index in [1.807, 2.05) is 0 Å². The van der Waals surface area contributed by atoms with Gasteiger partial charge in [0.25, 0.3) is 0 Å². The molecule has 0 unspecified atom stereocenters. The highest BCUT2D eigenvalue weighted by molar-refractivity contribution is 5.75. The molecule has 2 rings (SSSR count). The second-order valence-electron chi connectivity index (χ2n) is 7.33. The first-order chi connectivity index (χ1) is 11.6. The number of carboxylic acid groups (broad SMARTS) is 1. The molecule has 0 spiro atoms. The topological polar surface area (TPSA) is 105 Å². The van der Waals surface area contributed by atoms with Gasteiger partial charge in [0, 0.05) is 18.6 Å². The Kier molecular flexibility index (Phi) is 7.82. The van der Waals surface area contributed by atoms with Crippen LogP contribution in [0.3, 0.4) is 0 Å². The molecule has 5 N–H and O–H groups in total. The average molecular weight is 338 g/mol. The third kappa shape index (κ3) is 5.65. The van der Waals surface area contributed by atoms with E-state index >= 15 is 0 Å². The van der Waals surface area contributed by atoms with Crippen molar-refractivity contribution >= 4 is 11.9 Å². The maximum Gasteiger partial charge on any atom is 0.320 e. The Morgan fingerprint density at radius 1 is 1.00 bits per heavy atom. The van der Waals surface area contributed by atoms with Crippen LogP contribution in [0.2, 0.25) is 0 Å². The van der Waals surface area contributed by atoms with Gasteiger partial charge in [-0.05, 0) is 38.5 Å². The van der Waals surface area contributed by atoms with Gasteiger partial charge in [0.05, 0.1) is 0 Å². The summed E-state index contributed by atoms with van der Waals surface area (Å²) < 4.78 is 0. The molecule has 0 radical (unpaired) electrons. The third-order valence-corrected chi connectivity index (χ3v) is 5.57. The van der Waals surface area contributed by atoms with E-state index in [2.05, 4.69) is 9.89 Å². The Hall–Kier alpha value is -1.30. The highest BCUT2D eigenvalue weighted by Crippen LogP contribution is 2.33. The largest absolute Gasteiger partial charge is 0.480 e. The molecular weight excluding hydrogens is 304 g/mol. The predicted molar refractivity (Wildman–Crippen MR) is 96.9 cm³/mol. The van der Waals surface area contributed by atoms with Gasteiger partial charge in [-0.3, -0.25) is 14.7 Å². The normalized spacial score (nSPS) is 21.5. The van der Waals surface area contributed by atoms with Crippen molar-refractivity contribution in [3.8, 4) is 0 Å². The molecule has 2 aliphatic carbocycles. The maximum absolute atomic E-state index is 12.0. The van der Waals surface area contributed by atoms with Crippen LogP contribution in [0.25, 0.3) is 0 Å². The molecule has 0 heterocycles. The minimum atomic E-state index is -0.684. The number of nitrogens with two attached hydrogens (primary N) is 2. The Labute approximate surface area is 145 Å². The number of guanidine groups is 1. The number of hydrogen-bond donors (Lipinski definition) is 3. The summed E-state index contributed by atoms with van der Waals surface area (Å²) in [6.45, 7) is 0.509. The SMILES string of the molecule is NC(N)=NCCC[C@@H](C(=O)O)N(C1CCCCC1)C1CCCCC1. The van der Waals surface area contributed by atoms with E-state index in [9.17, 15) is 9.90 Å². The maximum atomic E-state index is 12.0. The van der Waals surface area contributed by atoms with Crippen LogP contribution in [-0.2, 0) is 4.79 Å². The fourth-order valence-corrected chi connectivity index (χ4v) is 4.46. The first-order valence-corrected chi connectivity index (χ1v) is 9.65. The molecule has 2 fully saturated rings. The molecule has 0 aromatic rings. The van der Waals surface area contributed by atoms with Gasteiger partial charge >= 0.3 is 5.97 Å². The summed E-state index contributed by atoms with van der Waals surface area (Å²) >= 11 is 0. The number of aliphatic carboxylic acids is 1. The Morgan fingerprint density at radius 3 is 1.92 bits per heavy atom. The summed E-state index contributed by atoms with van der Waals surface area (Å²) in [4.78, 5) is 18.4. The molecule has 0 bridgehead atoms. The molecule has 0 aliphatic heterocycles. The zero-order valence-corrected chi connectivity index (χ0v) is 14.8. The molecule has 0 aromatic carbocycles. The molecular formula is C18H34N4O2. The van der Waals surface area contributed by atoms with Crippen molar-refractivity contribution in [1.82, 2.24) is 4.90 Å². The van der Waals surface area contributed by atoms with Crippen LogP contribution >= 0.6 is 0 Å². The van der Waals surface area contributed by atoms with Crippen molar-refractivity contribution < 1.29 is 9.90 Å². The van der Waals surface area contributed by atoms with E-state index in [0.29, 0.717) is 31.5 Å². The van der Waals surface area contributed by atoms with E-state index in [1.165, 1.54) is 38.5 Å². The molecule has 0 saturated heterocycles. The molecule has 6 nitrogen and oxygen atoms in total. The minimum Gasteiger partial charge on any atom is -0.480 e. The van der Waals surface area contributed by atoms with E-state index in [-0.39, 0.29) is 5.96 Å². The van der Waals surface area contributed by atoms with Crippen LogP contribution in [0.15, 0.2) is 4.99 Å². The zero-order chi connectivity index (χ0) is 17.4. The summed E-state index contributed by atoms with van der Waals surface area (Å²) in [5, 5.41) is 9.89. The van der Waals surface area contributed by atoms with Crippen LogP contribution in [0.4, 0.5) is 0 Å². The number of rotatable bonds is 8. The number of carboxylic acids is 1. The molecule has 24 heavy (non-hydrogen) atoms. The fourth-order valence-electron chi connectivity index (χ4n) is 4.46. The van der Waals surface area contributed by atoms with E-state index in [1.54, 1.807) is 0 Å². The van der Waals surface area contributed by atoms with Gasteiger partial charge in [-0.15, -0.1) is 0 Å². The lowest BCUT2D eigenvalue weighted by Gasteiger charge is -2.44. The highest BCUT2D eigenvalue weighted by Gasteiger charge is 2.37. The molecule has 0 aromatic heterocycles. The Balaban J connectivity index is 2.07. The summed E-state index contributed by atoms with van der Waals surface area (Å²) in [5.74, 6) is -0.603. The van der Waals surface area contributed by atoms with Gasteiger partial charge in [0.15, 0.2) is 5.96 Å². The van der Waals surface area contributed by atoms with Gasteiger partial charge in [-0.1, -0.05) is 38.5 Å². The van der Waals surface area contributed by atoms with E-state index in [0.717, 1.165) is 25.7 Å². The molecule has 138 valence electrons. The summed E-state index contributed by atoms with van der Waals surface area (Å²) in [6, 6.07) is 0.474. The van der Waals surface area contributed by atoms with Gasteiger partial charge in [-0.2, -0.15) is 0 Å². The fraction of sp³-hybridized carbons (Fsp3) is 0.889. The summed E-state index contributed by atoms with van der Waals surface area (Å²) in [7, 11) is 0. The monoisotopic (exact) mass is 338 g/mol. The van der Waals surface area contributed by atoms with Crippen LogP contribution < -0.4 is 11.5 Å². The van der Waals surface area contributed by atoms with Gasteiger partial charge in [-0.25, -0.2) is 0 Å². The second-order valence-corrected chi connectivity index (χ2v) is 7.33. The summed E-state index contributed by atoms with van der Waals surface area (Å²) in [6.07, 6.45) is 13.4. The van der Waals surface area contributed by atoms with Crippen molar-refractivity contribution in [2.24, 2.45) is 16.5 Å². The second kappa shape index (κ2) is 9.87. The number of hydrogen-bond acceptors (Lipinski definition) is 3. The van der Waals surface area contributed by atoms with Crippen molar-refractivity contribution in [1.29, 1.82) is 0 Å². The Morgan fingerprint density at radius 2 is 1.50 bits per heavy atom. The van der Waals surface area contributed by atoms with Crippen molar-refractivity contribution in [3.63, 3.8) is 0 Å². The quantitative estimate of drug-likeness (QED) is 0.358. The predicted octanol–water partition coefficient (Wildman–Crippen LogP) is 2.46. The van der Waals surface area contributed by atoms with Crippen LogP contribution in [0.1, 0.15) is 77.0 Å². The Bertz CT molecular complexity index is 393. The van der Waals surface area contributed by atoms with Crippen molar-refractivity contribution in [2.75, 3.05) is 6.54 Å². The standard InChI is InChI=1S/C18H34N4O2/c19-18(20)21-13-7-12-16(17(23)24)22(14-8-3-1-4-9-14)15-10-5-2-6-11-15/h14-16H,1-13H2,(H,23,24)(H4,19,20,21)/t16-/m0/s1. The molecule has 0 amide bonds. The van der Waals surface area contributed by atoms with Crippen LogP contribution in [-0.4, -0.2) is 46.6 Å². The first-order valence-electron chi connectivity index (χ1n) is 9.65. The lowest BCUT2D eigenvalue weighted by Crippen LogP contribution is -2.54. The number of nitrogens with zero attached hydrogens (tertiary/aromatic N) is 2. The third-order valence-electron chi connectivity index (χ3n) is 5.57. The van der Waals surface area contributed by atoms with Gasteiger partial charge < -0.3 is 16.6 Å². The van der Waals surface area contributed by atoms with Crippen LogP contribution in [0.5, 0.6) is 0 Å². The smallest absolute Gasteiger partial charge is 0.320 e. The molecule has 6 heteroatoms. The lowest BCUT2D eigenvalue weighted by molar-refractivity contribution is -0.147. The molecule has 2 saturated carbocycles. The van der Waals surface area contributed by atoms with Crippen molar-refractivity contribution in [3.05, 3.63) is 0 Å². The first kappa shape index (κ1) is 19.0. The van der Waals surface area contributed by atoms with Gasteiger partial charge in [0.2, 0.25) is 0 Å². The number of aliphatic imine (C=N–C) groups is 1. The summed E-state index contributed by atoms with van der Waals surface area (Å²) in [5.41, 5.74) is 10.7. The average Bonchev–Trinajstić information content (AvgIpc) is 2.58. The van der Waals surface area contributed by atoms with Crippen molar-refractivity contribution in [2.45, 2.75) is 95.2 Å². The molecule has 2 aliphatic rings. The minimum absolute atomic E-state index is 0.0818. The van der Waals surface area contributed by atoms with Crippen LogP contribution in [0, 0.1) is 0 Å². The van der Waals surface area contributed by atoms with E-state index in [4.69, 9.17) is 11.5 Å². The highest BCUT2D eigenvalue weighted by atomic mass is 16.4. The number of carbonyl (C=O) groups is 1. The van der Waals surface area contributed by atoms with Gasteiger partial charge in [0.1, 0.15) is 6.04 Å². The lowest BCUT2D eigenvalue weighted by atomic mass is 9.86. The molecule has 1 atom stereocenters.